The number of esters is 1. The molecule has 1 aromatic rings. The third-order valence-electron chi connectivity index (χ3n) is 3.20. The second-order valence-electron chi connectivity index (χ2n) is 4.57. The number of amides is 1. The first-order chi connectivity index (χ1) is 10.1. The van der Waals surface area contributed by atoms with Gasteiger partial charge in [-0.3, -0.25) is 9.69 Å². The van der Waals surface area contributed by atoms with E-state index in [2.05, 4.69) is 0 Å². The number of ether oxygens (including phenoxy) is 2. The Labute approximate surface area is 122 Å². The number of cyclic esters (lactones) is 1. The van der Waals surface area contributed by atoms with E-state index >= 15 is 0 Å². The van der Waals surface area contributed by atoms with Gasteiger partial charge in [-0.2, -0.15) is 0 Å². The van der Waals surface area contributed by atoms with E-state index in [4.69, 9.17) is 9.47 Å². The molecule has 112 valence electrons. The first kappa shape index (κ1) is 15.0. The highest BCUT2D eigenvalue weighted by Gasteiger charge is 2.36. The molecule has 21 heavy (non-hydrogen) atoms. The Hall–Kier alpha value is -2.37. The Morgan fingerprint density at radius 3 is 2.62 bits per heavy atom. The summed E-state index contributed by atoms with van der Waals surface area (Å²) >= 11 is 0. The summed E-state index contributed by atoms with van der Waals surface area (Å²) in [7, 11) is 0. The second-order valence-corrected chi connectivity index (χ2v) is 4.57. The van der Waals surface area contributed by atoms with Gasteiger partial charge in [-0.15, -0.1) is 0 Å². The first-order valence-corrected chi connectivity index (χ1v) is 6.81. The molecule has 1 unspecified atom stereocenters. The van der Waals surface area contributed by atoms with Gasteiger partial charge in [0.1, 0.15) is 12.6 Å². The fourth-order valence-corrected chi connectivity index (χ4v) is 2.17. The van der Waals surface area contributed by atoms with Crippen molar-refractivity contribution in [2.75, 3.05) is 19.8 Å². The molecule has 0 aliphatic carbocycles. The number of carbonyl (C=O) groups is 3. The highest BCUT2D eigenvalue weighted by molar-refractivity contribution is 5.99. The van der Waals surface area contributed by atoms with Crippen molar-refractivity contribution >= 4 is 17.8 Å². The molecule has 0 N–H and O–H groups in total. The molecule has 2 rings (SSSR count). The van der Waals surface area contributed by atoms with Crippen LogP contribution in [0.1, 0.15) is 23.7 Å². The molecule has 1 aromatic carbocycles. The third kappa shape index (κ3) is 3.59. The lowest BCUT2D eigenvalue weighted by Gasteiger charge is -2.23. The Morgan fingerprint density at radius 1 is 1.33 bits per heavy atom. The summed E-state index contributed by atoms with van der Waals surface area (Å²) in [5.41, 5.74) is 0.499. The summed E-state index contributed by atoms with van der Waals surface area (Å²) in [5.74, 6) is -0.797. The van der Waals surface area contributed by atoms with Crippen LogP contribution in [0.2, 0.25) is 0 Å². The van der Waals surface area contributed by atoms with Crippen LogP contribution in [0.15, 0.2) is 30.3 Å². The van der Waals surface area contributed by atoms with Crippen LogP contribution >= 0.6 is 0 Å². The number of benzene rings is 1. The van der Waals surface area contributed by atoms with Crippen LogP contribution in [-0.4, -0.2) is 48.5 Å². The van der Waals surface area contributed by atoms with E-state index in [-0.39, 0.29) is 32.0 Å². The van der Waals surface area contributed by atoms with Crippen LogP contribution in [0.5, 0.6) is 0 Å². The number of hydrogen-bond acceptors (Lipinski definition) is 5. The average Bonchev–Trinajstić information content (AvgIpc) is 2.91. The lowest BCUT2D eigenvalue weighted by atomic mass is 10.0. The van der Waals surface area contributed by atoms with Crippen molar-refractivity contribution < 1.29 is 23.9 Å². The Balaban J connectivity index is 2.14. The fourth-order valence-electron chi connectivity index (χ4n) is 2.17. The Bertz CT molecular complexity index is 528. The molecule has 1 saturated heterocycles. The summed E-state index contributed by atoms with van der Waals surface area (Å²) in [6.45, 7) is 2.37. The smallest absolute Gasteiger partial charge is 0.410 e. The van der Waals surface area contributed by atoms with E-state index in [1.807, 2.05) is 0 Å². The lowest BCUT2D eigenvalue weighted by molar-refractivity contribution is -0.148. The van der Waals surface area contributed by atoms with Crippen molar-refractivity contribution in [1.82, 2.24) is 4.90 Å². The van der Waals surface area contributed by atoms with E-state index in [9.17, 15) is 14.4 Å². The number of nitrogens with zero attached hydrogens (tertiary/aromatic N) is 1. The molecule has 0 radical (unpaired) electrons. The van der Waals surface area contributed by atoms with Gasteiger partial charge in [0.25, 0.3) is 0 Å². The molecular formula is C15H17NO5. The average molecular weight is 291 g/mol. The summed E-state index contributed by atoms with van der Waals surface area (Å²) in [5, 5.41) is 0. The molecule has 1 heterocycles. The monoisotopic (exact) mass is 291 g/mol. The van der Waals surface area contributed by atoms with Gasteiger partial charge in [0, 0.05) is 12.0 Å². The molecule has 0 aromatic heterocycles. The minimum absolute atomic E-state index is 0.113. The Kier molecular flexibility index (Phi) is 4.92. The van der Waals surface area contributed by atoms with Crippen LogP contribution in [0, 0.1) is 0 Å². The second kappa shape index (κ2) is 6.88. The van der Waals surface area contributed by atoms with Crippen molar-refractivity contribution in [2.45, 2.75) is 19.4 Å². The Morgan fingerprint density at radius 2 is 2.05 bits per heavy atom. The zero-order valence-electron chi connectivity index (χ0n) is 11.8. The number of ketones is 1. The maximum Gasteiger partial charge on any atom is 0.410 e. The van der Waals surface area contributed by atoms with Crippen molar-refractivity contribution in [3.05, 3.63) is 35.9 Å². The van der Waals surface area contributed by atoms with E-state index < -0.39 is 18.1 Å². The zero-order chi connectivity index (χ0) is 15.2. The maximum absolute atomic E-state index is 12.2. The molecule has 0 saturated carbocycles. The van der Waals surface area contributed by atoms with Crippen molar-refractivity contribution in [1.29, 1.82) is 0 Å². The van der Waals surface area contributed by atoms with Gasteiger partial charge in [0.05, 0.1) is 13.2 Å². The van der Waals surface area contributed by atoms with Crippen LogP contribution in [0.3, 0.4) is 0 Å². The van der Waals surface area contributed by atoms with Gasteiger partial charge < -0.3 is 9.47 Å². The number of hydrogen-bond donors (Lipinski definition) is 0. The third-order valence-corrected chi connectivity index (χ3v) is 3.20. The molecule has 1 fully saturated rings. The van der Waals surface area contributed by atoms with E-state index in [0.717, 1.165) is 0 Å². The van der Waals surface area contributed by atoms with Crippen molar-refractivity contribution in [3.8, 4) is 0 Å². The van der Waals surface area contributed by atoms with Gasteiger partial charge in [-0.1, -0.05) is 30.3 Å². The highest BCUT2D eigenvalue weighted by atomic mass is 16.6. The number of carbonyl (C=O) groups excluding carboxylic acids is 3. The lowest BCUT2D eigenvalue weighted by Crippen LogP contribution is -2.44. The van der Waals surface area contributed by atoms with Gasteiger partial charge in [0.15, 0.2) is 5.78 Å². The summed E-state index contributed by atoms with van der Waals surface area (Å²) in [6, 6.07) is 7.71. The summed E-state index contributed by atoms with van der Waals surface area (Å²) < 4.78 is 9.79. The number of rotatable bonds is 6. The quantitative estimate of drug-likeness (QED) is 0.588. The SMILES string of the molecule is CCOC(=O)C(CC(=O)c1ccccc1)N1CCOC1=O. The van der Waals surface area contributed by atoms with Gasteiger partial charge >= 0.3 is 12.1 Å². The van der Waals surface area contributed by atoms with Crippen LogP contribution < -0.4 is 0 Å². The normalized spacial score (nSPS) is 15.5. The maximum atomic E-state index is 12.2. The van der Waals surface area contributed by atoms with Gasteiger partial charge in [-0.05, 0) is 6.92 Å². The summed E-state index contributed by atoms with van der Waals surface area (Å²) in [6.07, 6.45) is -0.702. The minimum Gasteiger partial charge on any atom is -0.464 e. The molecular weight excluding hydrogens is 274 g/mol. The largest absolute Gasteiger partial charge is 0.464 e. The molecule has 0 spiro atoms. The molecule has 6 heteroatoms. The molecule has 1 atom stereocenters. The topological polar surface area (TPSA) is 72.9 Å². The number of Topliss-reactive ketones (excluding diaryl/α,β-unsaturated/α-hetero) is 1. The van der Waals surface area contributed by atoms with Crippen LogP contribution in [-0.2, 0) is 14.3 Å². The van der Waals surface area contributed by atoms with Crippen LogP contribution in [0.25, 0.3) is 0 Å². The molecule has 6 nitrogen and oxygen atoms in total. The standard InChI is InChI=1S/C15H17NO5/c1-2-20-14(18)12(16-8-9-21-15(16)19)10-13(17)11-6-4-3-5-7-11/h3-7,12H,2,8-10H2,1H3. The van der Waals surface area contributed by atoms with Crippen molar-refractivity contribution in [2.24, 2.45) is 0 Å². The van der Waals surface area contributed by atoms with Crippen LogP contribution in [0.4, 0.5) is 4.79 Å². The first-order valence-electron chi connectivity index (χ1n) is 6.81. The highest BCUT2D eigenvalue weighted by Crippen LogP contribution is 2.16. The van der Waals surface area contributed by atoms with E-state index in [1.54, 1.807) is 37.3 Å². The van der Waals surface area contributed by atoms with E-state index in [1.165, 1.54) is 4.90 Å². The molecule has 1 aliphatic heterocycles. The molecule has 1 amide bonds. The summed E-state index contributed by atoms with van der Waals surface area (Å²) in [4.78, 5) is 37.1. The zero-order valence-corrected chi connectivity index (χ0v) is 11.8. The van der Waals surface area contributed by atoms with E-state index in [0.29, 0.717) is 5.56 Å². The molecule has 1 aliphatic rings. The predicted molar refractivity (Wildman–Crippen MR) is 73.9 cm³/mol. The predicted octanol–water partition coefficient (Wildman–Crippen LogP) is 1.64. The van der Waals surface area contributed by atoms with Crippen molar-refractivity contribution in [3.63, 3.8) is 0 Å². The minimum atomic E-state index is -0.937. The van der Waals surface area contributed by atoms with Gasteiger partial charge in [-0.25, -0.2) is 9.59 Å². The van der Waals surface area contributed by atoms with Gasteiger partial charge in [0.2, 0.25) is 0 Å². The fraction of sp³-hybridized carbons (Fsp3) is 0.400. The molecule has 0 bridgehead atoms.